The monoisotopic (exact) mass is 217 g/mol. The van der Waals surface area contributed by atoms with Gasteiger partial charge in [0.05, 0.1) is 5.54 Å². The van der Waals surface area contributed by atoms with Crippen LogP contribution in [0.1, 0.15) is 27.7 Å². The van der Waals surface area contributed by atoms with Gasteiger partial charge >= 0.3 is 0 Å². The SMILES string of the molecule is COC(C)(C)C(=O)NC(C)(C)C(N)=NO. The van der Waals surface area contributed by atoms with Gasteiger partial charge in [0.1, 0.15) is 5.60 Å². The van der Waals surface area contributed by atoms with Crippen LogP contribution in [0.4, 0.5) is 0 Å². The lowest BCUT2D eigenvalue weighted by atomic mass is 10.0. The molecule has 0 aromatic rings. The third-order valence-electron chi connectivity index (χ3n) is 2.23. The largest absolute Gasteiger partial charge is 0.409 e. The van der Waals surface area contributed by atoms with Gasteiger partial charge in [0.15, 0.2) is 5.84 Å². The average Bonchev–Trinajstić information content (AvgIpc) is 2.15. The van der Waals surface area contributed by atoms with Crippen molar-refractivity contribution in [3.63, 3.8) is 0 Å². The lowest BCUT2D eigenvalue weighted by Crippen LogP contribution is -2.58. The molecule has 6 heteroatoms. The van der Waals surface area contributed by atoms with E-state index in [0.29, 0.717) is 0 Å². The van der Waals surface area contributed by atoms with Gasteiger partial charge in [-0.1, -0.05) is 5.16 Å². The van der Waals surface area contributed by atoms with Gasteiger partial charge in [-0.3, -0.25) is 4.79 Å². The van der Waals surface area contributed by atoms with Gasteiger partial charge in [-0.05, 0) is 27.7 Å². The molecule has 0 spiro atoms. The maximum atomic E-state index is 11.7. The number of nitrogens with zero attached hydrogens (tertiary/aromatic N) is 1. The summed E-state index contributed by atoms with van der Waals surface area (Å²) in [4.78, 5) is 11.7. The van der Waals surface area contributed by atoms with Crippen molar-refractivity contribution in [1.82, 2.24) is 5.32 Å². The number of amidine groups is 1. The molecule has 0 aliphatic rings. The molecule has 1 amide bonds. The molecule has 0 aliphatic heterocycles. The van der Waals surface area contributed by atoms with E-state index in [0.717, 1.165) is 0 Å². The number of ether oxygens (including phenoxy) is 1. The Morgan fingerprint density at radius 2 is 1.87 bits per heavy atom. The summed E-state index contributed by atoms with van der Waals surface area (Å²) in [5, 5.41) is 14.0. The molecular weight excluding hydrogens is 198 g/mol. The van der Waals surface area contributed by atoms with Crippen molar-refractivity contribution >= 4 is 11.7 Å². The fourth-order valence-electron chi connectivity index (χ4n) is 0.716. The summed E-state index contributed by atoms with van der Waals surface area (Å²) in [5.74, 6) is -0.399. The molecule has 0 rings (SSSR count). The van der Waals surface area contributed by atoms with Gasteiger partial charge in [-0.2, -0.15) is 0 Å². The lowest BCUT2D eigenvalue weighted by molar-refractivity contribution is -0.140. The van der Waals surface area contributed by atoms with Crippen LogP contribution in [0.3, 0.4) is 0 Å². The summed E-state index contributed by atoms with van der Waals surface area (Å²) in [7, 11) is 1.44. The molecule has 4 N–H and O–H groups in total. The number of nitrogens with two attached hydrogens (primary N) is 1. The van der Waals surface area contributed by atoms with Crippen molar-refractivity contribution in [1.29, 1.82) is 0 Å². The van der Waals surface area contributed by atoms with Gasteiger partial charge in [-0.15, -0.1) is 0 Å². The summed E-state index contributed by atoms with van der Waals surface area (Å²) in [6.07, 6.45) is 0. The van der Waals surface area contributed by atoms with Crippen molar-refractivity contribution in [2.45, 2.75) is 38.8 Å². The van der Waals surface area contributed by atoms with E-state index < -0.39 is 11.1 Å². The Kier molecular flexibility index (Phi) is 4.09. The highest BCUT2D eigenvalue weighted by Crippen LogP contribution is 2.11. The van der Waals surface area contributed by atoms with Crippen molar-refractivity contribution in [2.24, 2.45) is 10.9 Å². The number of carbonyl (C=O) groups excluding carboxylic acids is 1. The lowest BCUT2D eigenvalue weighted by Gasteiger charge is -2.30. The predicted octanol–water partition coefficient (Wildman–Crippen LogP) is 0.0526. The fraction of sp³-hybridized carbons (Fsp3) is 0.778. The maximum absolute atomic E-state index is 11.7. The molecule has 0 unspecified atom stereocenters. The second kappa shape index (κ2) is 4.48. The average molecular weight is 217 g/mol. The minimum absolute atomic E-state index is 0.0669. The second-order valence-corrected chi connectivity index (χ2v) is 4.28. The van der Waals surface area contributed by atoms with Gasteiger partial charge in [0, 0.05) is 7.11 Å². The summed E-state index contributed by atoms with van der Waals surface area (Å²) in [5.41, 5.74) is 3.56. The van der Waals surface area contributed by atoms with E-state index in [1.807, 2.05) is 0 Å². The van der Waals surface area contributed by atoms with E-state index in [-0.39, 0.29) is 11.7 Å². The van der Waals surface area contributed by atoms with Crippen molar-refractivity contribution in [3.8, 4) is 0 Å². The molecule has 0 radical (unpaired) electrons. The molecule has 0 atom stereocenters. The first-order valence-electron chi connectivity index (χ1n) is 4.53. The molecule has 0 aromatic carbocycles. The van der Waals surface area contributed by atoms with Crippen LogP contribution in [-0.2, 0) is 9.53 Å². The number of hydrogen-bond acceptors (Lipinski definition) is 4. The van der Waals surface area contributed by atoms with Crippen LogP contribution in [0.25, 0.3) is 0 Å². The highest BCUT2D eigenvalue weighted by atomic mass is 16.5. The van der Waals surface area contributed by atoms with Crippen molar-refractivity contribution in [2.75, 3.05) is 7.11 Å². The minimum atomic E-state index is -0.951. The quantitative estimate of drug-likeness (QED) is 0.268. The summed E-state index contributed by atoms with van der Waals surface area (Å²) >= 11 is 0. The van der Waals surface area contributed by atoms with Crippen LogP contribution in [0, 0.1) is 0 Å². The molecule has 6 nitrogen and oxygen atoms in total. The maximum Gasteiger partial charge on any atom is 0.252 e. The van der Waals surface area contributed by atoms with Crippen molar-refractivity contribution in [3.05, 3.63) is 0 Å². The first-order valence-corrected chi connectivity index (χ1v) is 4.53. The Balaban J connectivity index is 4.69. The second-order valence-electron chi connectivity index (χ2n) is 4.28. The Bertz CT molecular complexity index is 272. The highest BCUT2D eigenvalue weighted by Gasteiger charge is 2.33. The van der Waals surface area contributed by atoms with Crippen LogP contribution in [0.5, 0.6) is 0 Å². The zero-order valence-electron chi connectivity index (χ0n) is 9.79. The van der Waals surface area contributed by atoms with Crippen LogP contribution in [-0.4, -0.2) is 35.2 Å². The fourth-order valence-corrected chi connectivity index (χ4v) is 0.716. The zero-order valence-corrected chi connectivity index (χ0v) is 9.79. The van der Waals surface area contributed by atoms with Crippen LogP contribution in [0.15, 0.2) is 5.16 Å². The molecule has 0 fully saturated rings. The number of nitrogens with one attached hydrogen (secondary N) is 1. The minimum Gasteiger partial charge on any atom is -0.409 e. The number of methoxy groups -OCH3 is 1. The molecule has 15 heavy (non-hydrogen) atoms. The molecule has 0 heterocycles. The Hall–Kier alpha value is -1.30. The van der Waals surface area contributed by atoms with E-state index in [2.05, 4.69) is 10.5 Å². The standard InChI is InChI=1S/C9H19N3O3/c1-8(2,6(10)12-14)11-7(13)9(3,4)15-5/h14H,1-5H3,(H2,10,12)(H,11,13). The highest BCUT2D eigenvalue weighted by molar-refractivity contribution is 5.95. The number of rotatable bonds is 4. The molecule has 0 aromatic heterocycles. The number of carbonyl (C=O) groups is 1. The number of amides is 1. The number of hydrogen-bond donors (Lipinski definition) is 3. The first kappa shape index (κ1) is 13.7. The van der Waals surface area contributed by atoms with Crippen molar-refractivity contribution < 1.29 is 14.7 Å². The Morgan fingerprint density at radius 3 is 2.20 bits per heavy atom. The molecule has 0 saturated heterocycles. The van der Waals surface area contributed by atoms with Crippen LogP contribution >= 0.6 is 0 Å². The van der Waals surface area contributed by atoms with E-state index >= 15 is 0 Å². The predicted molar refractivity (Wildman–Crippen MR) is 56.7 cm³/mol. The summed E-state index contributed by atoms with van der Waals surface area (Å²) in [6.45, 7) is 6.52. The van der Waals surface area contributed by atoms with Gasteiger partial charge in [-0.25, -0.2) is 0 Å². The normalized spacial score (nSPS) is 13.8. The number of oxime groups is 1. The Morgan fingerprint density at radius 1 is 1.40 bits per heavy atom. The van der Waals surface area contributed by atoms with Crippen LogP contribution in [0.2, 0.25) is 0 Å². The van der Waals surface area contributed by atoms with Gasteiger partial charge < -0.3 is 21.0 Å². The molecule has 88 valence electrons. The van der Waals surface area contributed by atoms with E-state index in [1.165, 1.54) is 7.11 Å². The molecule has 0 aliphatic carbocycles. The van der Waals surface area contributed by atoms with E-state index in [1.54, 1.807) is 27.7 Å². The molecular formula is C9H19N3O3. The molecule has 0 saturated carbocycles. The Labute approximate surface area is 89.5 Å². The summed E-state index contributed by atoms with van der Waals surface area (Å²) < 4.78 is 5.00. The topological polar surface area (TPSA) is 96.9 Å². The third-order valence-corrected chi connectivity index (χ3v) is 2.23. The van der Waals surface area contributed by atoms with Gasteiger partial charge in [0.2, 0.25) is 0 Å². The van der Waals surface area contributed by atoms with E-state index in [9.17, 15) is 4.79 Å². The third kappa shape index (κ3) is 3.39. The van der Waals surface area contributed by atoms with E-state index in [4.69, 9.17) is 15.7 Å². The first-order chi connectivity index (χ1) is 6.67. The van der Waals surface area contributed by atoms with Crippen LogP contribution < -0.4 is 11.1 Å². The summed E-state index contributed by atoms with van der Waals surface area (Å²) in [6, 6.07) is 0. The van der Waals surface area contributed by atoms with Gasteiger partial charge in [0.25, 0.3) is 5.91 Å². The molecule has 0 bridgehead atoms. The zero-order chi connectivity index (χ0) is 12.3. The smallest absolute Gasteiger partial charge is 0.252 e.